The molecule has 0 aromatic carbocycles. The number of ether oxygens (including phenoxy) is 1. The van der Waals surface area contributed by atoms with E-state index in [0.717, 1.165) is 30.0 Å². The third kappa shape index (κ3) is 2.22. The summed E-state index contributed by atoms with van der Waals surface area (Å²) in [6, 6.07) is 0.451. The van der Waals surface area contributed by atoms with Crippen molar-refractivity contribution in [2.75, 3.05) is 0 Å². The van der Waals surface area contributed by atoms with Crippen LogP contribution in [0.2, 0.25) is 0 Å². The van der Waals surface area contributed by atoms with E-state index < -0.39 is 0 Å². The molecule has 0 unspecified atom stereocenters. The van der Waals surface area contributed by atoms with E-state index in [1.165, 1.54) is 0 Å². The number of nitrogens with zero attached hydrogens (tertiary/aromatic N) is 2. The molecule has 0 saturated carbocycles. The van der Waals surface area contributed by atoms with Gasteiger partial charge in [0.1, 0.15) is 6.33 Å². The second-order valence-corrected chi connectivity index (χ2v) is 4.09. The molecule has 0 spiro atoms. The SMILES string of the molecule is C/C=C(\C)Oc1ncnc2c1C[C@@H](C)NC2.[HH]. The summed E-state index contributed by atoms with van der Waals surface area (Å²) < 4.78 is 5.69. The van der Waals surface area contributed by atoms with Crippen molar-refractivity contribution in [3.05, 3.63) is 29.4 Å². The highest BCUT2D eigenvalue weighted by molar-refractivity contribution is 5.33. The Kier molecular flexibility index (Phi) is 3.19. The van der Waals surface area contributed by atoms with Gasteiger partial charge < -0.3 is 10.1 Å². The number of nitrogens with one attached hydrogen (secondary N) is 1. The maximum atomic E-state index is 5.69. The van der Waals surface area contributed by atoms with Crippen molar-refractivity contribution in [2.24, 2.45) is 0 Å². The molecule has 4 nitrogen and oxygen atoms in total. The fourth-order valence-corrected chi connectivity index (χ4v) is 1.74. The molecule has 4 heteroatoms. The second kappa shape index (κ2) is 4.61. The Hall–Kier alpha value is -1.42. The lowest BCUT2D eigenvalue weighted by Crippen LogP contribution is -2.33. The van der Waals surface area contributed by atoms with Crippen LogP contribution in [0.15, 0.2) is 18.2 Å². The van der Waals surface area contributed by atoms with Crippen molar-refractivity contribution in [1.82, 2.24) is 15.3 Å². The zero-order valence-electron chi connectivity index (χ0n) is 9.95. The number of aromatic nitrogens is 2. The van der Waals surface area contributed by atoms with Gasteiger partial charge in [0.25, 0.3) is 0 Å². The van der Waals surface area contributed by atoms with Gasteiger partial charge in [0, 0.05) is 19.6 Å². The van der Waals surface area contributed by atoms with E-state index in [9.17, 15) is 0 Å². The fourth-order valence-electron chi connectivity index (χ4n) is 1.74. The Morgan fingerprint density at radius 2 is 2.44 bits per heavy atom. The van der Waals surface area contributed by atoms with Crippen LogP contribution < -0.4 is 10.1 Å². The van der Waals surface area contributed by atoms with Gasteiger partial charge in [-0.2, -0.15) is 0 Å². The lowest BCUT2D eigenvalue weighted by atomic mass is 10.0. The van der Waals surface area contributed by atoms with Crippen molar-refractivity contribution in [3.63, 3.8) is 0 Å². The molecular weight excluding hydrogens is 202 g/mol. The quantitative estimate of drug-likeness (QED) is 0.776. The first-order valence-corrected chi connectivity index (χ1v) is 5.57. The molecule has 1 aromatic heterocycles. The predicted molar refractivity (Wildman–Crippen MR) is 64.2 cm³/mol. The monoisotopic (exact) mass is 221 g/mol. The van der Waals surface area contributed by atoms with Crippen molar-refractivity contribution < 1.29 is 6.16 Å². The molecule has 1 aliphatic heterocycles. The average molecular weight is 221 g/mol. The van der Waals surface area contributed by atoms with Crippen molar-refractivity contribution in [3.8, 4) is 5.88 Å². The lowest BCUT2D eigenvalue weighted by molar-refractivity contribution is 0.390. The first-order valence-electron chi connectivity index (χ1n) is 5.57. The van der Waals surface area contributed by atoms with Crippen LogP contribution in [0, 0.1) is 0 Å². The zero-order chi connectivity index (χ0) is 11.5. The van der Waals surface area contributed by atoms with E-state index in [2.05, 4.69) is 22.2 Å². The first kappa shape index (κ1) is 11.1. The average Bonchev–Trinajstić information content (AvgIpc) is 2.29. The fraction of sp³-hybridized carbons (Fsp3) is 0.500. The molecular formula is C12H19N3O. The highest BCUT2D eigenvalue weighted by Gasteiger charge is 2.20. The van der Waals surface area contributed by atoms with Gasteiger partial charge in [-0.15, -0.1) is 0 Å². The third-order valence-electron chi connectivity index (χ3n) is 2.79. The van der Waals surface area contributed by atoms with E-state index in [1.54, 1.807) is 6.33 Å². The van der Waals surface area contributed by atoms with Crippen LogP contribution in [0.1, 0.15) is 33.5 Å². The number of fused-ring (bicyclic) bond motifs is 1. The van der Waals surface area contributed by atoms with Crippen LogP contribution in [-0.2, 0) is 13.0 Å². The Morgan fingerprint density at radius 3 is 3.19 bits per heavy atom. The van der Waals surface area contributed by atoms with Gasteiger partial charge in [-0.3, -0.25) is 0 Å². The second-order valence-electron chi connectivity index (χ2n) is 4.09. The minimum atomic E-state index is 0. The molecule has 0 aliphatic carbocycles. The van der Waals surface area contributed by atoms with Crippen molar-refractivity contribution in [1.29, 1.82) is 0 Å². The van der Waals surface area contributed by atoms with Gasteiger partial charge in [0.2, 0.25) is 5.88 Å². The normalized spacial score (nSPS) is 20.4. The van der Waals surface area contributed by atoms with Gasteiger partial charge in [-0.25, -0.2) is 9.97 Å². The van der Waals surface area contributed by atoms with Gasteiger partial charge in [0.05, 0.1) is 11.5 Å². The summed E-state index contributed by atoms with van der Waals surface area (Å²) in [7, 11) is 0. The Morgan fingerprint density at radius 1 is 1.62 bits per heavy atom. The zero-order valence-corrected chi connectivity index (χ0v) is 9.95. The maximum Gasteiger partial charge on any atom is 0.225 e. The van der Waals surface area contributed by atoms with Crippen LogP contribution in [0.3, 0.4) is 0 Å². The van der Waals surface area contributed by atoms with Gasteiger partial charge >= 0.3 is 0 Å². The molecule has 0 saturated heterocycles. The number of hydrogen-bond acceptors (Lipinski definition) is 4. The Labute approximate surface area is 97.2 Å². The number of allylic oxidation sites excluding steroid dienone is 2. The molecule has 1 aromatic rings. The minimum absolute atomic E-state index is 0. The van der Waals surface area contributed by atoms with Crippen LogP contribution >= 0.6 is 0 Å². The van der Waals surface area contributed by atoms with Gasteiger partial charge in [0.15, 0.2) is 0 Å². The van der Waals surface area contributed by atoms with Crippen LogP contribution in [0.5, 0.6) is 5.88 Å². The largest absolute Gasteiger partial charge is 0.444 e. The standard InChI is InChI=1S/C12H17N3O.H2/c1-4-9(3)16-12-10-5-8(2)13-6-11(10)14-7-15-12;/h4,7-8,13H,5-6H2,1-3H3;1H/b9-4+;/t8-;/m1./s1. The molecule has 0 radical (unpaired) electrons. The predicted octanol–water partition coefficient (Wildman–Crippen LogP) is 2.06. The highest BCUT2D eigenvalue weighted by Crippen LogP contribution is 2.24. The van der Waals surface area contributed by atoms with E-state index in [4.69, 9.17) is 4.74 Å². The molecule has 0 bridgehead atoms. The molecule has 88 valence electrons. The van der Waals surface area contributed by atoms with Gasteiger partial charge in [-0.05, 0) is 33.3 Å². The molecule has 1 N–H and O–H groups in total. The first-order chi connectivity index (χ1) is 7.70. The smallest absolute Gasteiger partial charge is 0.225 e. The number of hydrogen-bond donors (Lipinski definition) is 1. The summed E-state index contributed by atoms with van der Waals surface area (Å²) in [6.45, 7) is 6.83. The van der Waals surface area contributed by atoms with Gasteiger partial charge in [-0.1, -0.05) is 0 Å². The summed E-state index contributed by atoms with van der Waals surface area (Å²) in [5, 5.41) is 3.37. The van der Waals surface area contributed by atoms with E-state index >= 15 is 0 Å². The highest BCUT2D eigenvalue weighted by atomic mass is 16.5. The topological polar surface area (TPSA) is 47.0 Å². The summed E-state index contributed by atoms with van der Waals surface area (Å²) in [5.74, 6) is 1.57. The van der Waals surface area contributed by atoms with E-state index in [0.29, 0.717) is 11.9 Å². The molecule has 1 atom stereocenters. The Balaban J connectivity index is 0.00000144. The summed E-state index contributed by atoms with van der Waals surface area (Å²) in [5.41, 5.74) is 2.18. The van der Waals surface area contributed by atoms with Crippen LogP contribution in [-0.4, -0.2) is 16.0 Å². The number of rotatable bonds is 2. The molecule has 1 aliphatic rings. The molecule has 16 heavy (non-hydrogen) atoms. The molecule has 0 fully saturated rings. The van der Waals surface area contributed by atoms with Crippen LogP contribution in [0.4, 0.5) is 0 Å². The minimum Gasteiger partial charge on any atom is -0.444 e. The lowest BCUT2D eigenvalue weighted by Gasteiger charge is -2.23. The molecule has 0 amide bonds. The summed E-state index contributed by atoms with van der Waals surface area (Å²) in [4.78, 5) is 8.49. The van der Waals surface area contributed by atoms with Crippen molar-refractivity contribution >= 4 is 0 Å². The summed E-state index contributed by atoms with van der Waals surface area (Å²) >= 11 is 0. The van der Waals surface area contributed by atoms with E-state index in [1.807, 2.05) is 19.9 Å². The summed E-state index contributed by atoms with van der Waals surface area (Å²) in [6.07, 6.45) is 4.41. The van der Waals surface area contributed by atoms with Crippen molar-refractivity contribution in [2.45, 2.75) is 39.8 Å². The molecule has 2 heterocycles. The van der Waals surface area contributed by atoms with E-state index in [-0.39, 0.29) is 1.43 Å². The third-order valence-corrected chi connectivity index (χ3v) is 2.79. The Bertz CT molecular complexity index is 420. The molecule has 2 rings (SSSR count). The van der Waals surface area contributed by atoms with Crippen LogP contribution in [0.25, 0.3) is 0 Å². The maximum absolute atomic E-state index is 5.69.